The normalized spacial score (nSPS) is 20.2. The number of aromatic nitrogens is 5. The molecule has 0 radical (unpaired) electrons. The number of ketones is 1. The highest BCUT2D eigenvalue weighted by atomic mass is 79.9. The number of hydrogen-bond acceptors (Lipinski definition) is 5. The van der Waals surface area contributed by atoms with E-state index in [1.807, 2.05) is 48.7 Å². The smallest absolute Gasteiger partial charge is 0.404 e. The Kier molecular flexibility index (Phi) is 6.00. The molecule has 1 amide bonds. The zero-order valence-corrected chi connectivity index (χ0v) is 22.9. The van der Waals surface area contributed by atoms with E-state index in [1.54, 1.807) is 12.4 Å². The zero-order valence-electron chi connectivity index (χ0n) is 21.3. The Bertz CT molecular complexity index is 1780. The molecule has 0 saturated heterocycles. The molecule has 1 aliphatic carbocycles. The van der Waals surface area contributed by atoms with Gasteiger partial charge in [0.1, 0.15) is 11.6 Å². The molecule has 2 aliphatic rings. The molecule has 3 aromatic heterocycles. The Morgan fingerprint density at radius 2 is 1.88 bits per heavy atom. The number of aromatic amines is 1. The number of imidazole rings is 1. The SMILES string of the molecule is O=C(O)N[C@H]1CCc2ccn3c2C1C(=O)C[C@H](c1ncc(-c2ccc(-c4cnc5cc(Br)ccc5n4)cc2)[nH]1)C3. The van der Waals surface area contributed by atoms with Crippen molar-refractivity contribution in [1.29, 1.82) is 0 Å². The van der Waals surface area contributed by atoms with Crippen LogP contribution in [0.25, 0.3) is 33.5 Å². The Morgan fingerprint density at radius 3 is 2.70 bits per heavy atom. The third-order valence-corrected chi connectivity index (χ3v) is 8.51. The fourth-order valence-electron chi connectivity index (χ4n) is 6.13. The van der Waals surface area contributed by atoms with Crippen LogP contribution in [0.15, 0.2) is 71.6 Å². The predicted octanol–water partition coefficient (Wildman–Crippen LogP) is 5.67. The van der Waals surface area contributed by atoms with Crippen molar-refractivity contribution in [3.8, 4) is 22.5 Å². The average molecular weight is 597 g/mol. The van der Waals surface area contributed by atoms with Gasteiger partial charge in [0, 0.05) is 46.9 Å². The van der Waals surface area contributed by atoms with Crippen molar-refractivity contribution in [3.05, 3.63) is 88.7 Å². The minimum absolute atomic E-state index is 0.0494. The lowest BCUT2D eigenvalue weighted by Crippen LogP contribution is -2.44. The number of aryl methyl sites for hydroxylation is 1. The number of carbonyl (C=O) groups excluding carboxylic acids is 1. The fraction of sp³-hybridized carbons (Fsp3) is 0.233. The lowest BCUT2D eigenvalue weighted by atomic mass is 9.79. The minimum Gasteiger partial charge on any atom is -0.465 e. The van der Waals surface area contributed by atoms with E-state index in [-0.39, 0.29) is 11.7 Å². The van der Waals surface area contributed by atoms with Crippen LogP contribution in [0.4, 0.5) is 4.79 Å². The van der Waals surface area contributed by atoms with Crippen molar-refractivity contribution < 1.29 is 14.7 Å². The molecule has 3 atom stereocenters. The summed E-state index contributed by atoms with van der Waals surface area (Å²) in [5.41, 5.74) is 7.36. The molecule has 0 spiro atoms. The summed E-state index contributed by atoms with van der Waals surface area (Å²) in [5.74, 6) is 0.193. The summed E-state index contributed by atoms with van der Waals surface area (Å²) in [6.45, 7) is 0.612. The van der Waals surface area contributed by atoms with Gasteiger partial charge in [-0.05, 0) is 48.2 Å². The van der Waals surface area contributed by atoms with E-state index in [0.29, 0.717) is 19.4 Å². The van der Waals surface area contributed by atoms with Crippen LogP contribution in [0, 0.1) is 0 Å². The van der Waals surface area contributed by atoms with Crippen molar-refractivity contribution in [2.24, 2.45) is 0 Å². The quantitative estimate of drug-likeness (QED) is 0.245. The number of Topliss-reactive ketones (excluding diaryl/α,β-unsaturated/α-hetero) is 1. The maximum atomic E-state index is 13.5. The van der Waals surface area contributed by atoms with Crippen molar-refractivity contribution >= 4 is 38.8 Å². The van der Waals surface area contributed by atoms with E-state index in [4.69, 9.17) is 4.98 Å². The molecule has 10 heteroatoms. The highest BCUT2D eigenvalue weighted by molar-refractivity contribution is 9.10. The Balaban J connectivity index is 1.13. The average Bonchev–Trinajstić information content (AvgIpc) is 3.57. The molecule has 200 valence electrons. The number of hydrogen-bond donors (Lipinski definition) is 3. The highest BCUT2D eigenvalue weighted by Crippen LogP contribution is 2.40. The van der Waals surface area contributed by atoms with Crippen LogP contribution >= 0.6 is 15.9 Å². The van der Waals surface area contributed by atoms with Gasteiger partial charge in [0.05, 0.1) is 40.7 Å². The second kappa shape index (κ2) is 9.71. The minimum atomic E-state index is -1.09. The summed E-state index contributed by atoms with van der Waals surface area (Å²) in [4.78, 5) is 42.3. The number of nitrogens with one attached hydrogen (secondary N) is 2. The van der Waals surface area contributed by atoms with Crippen LogP contribution in [0.5, 0.6) is 0 Å². The van der Waals surface area contributed by atoms with Crippen molar-refractivity contribution in [1.82, 2.24) is 29.8 Å². The Labute approximate surface area is 237 Å². The largest absolute Gasteiger partial charge is 0.465 e. The third kappa shape index (κ3) is 4.38. The van der Waals surface area contributed by atoms with Crippen molar-refractivity contribution in [2.45, 2.75) is 43.7 Å². The maximum Gasteiger partial charge on any atom is 0.404 e. The fourth-order valence-corrected chi connectivity index (χ4v) is 6.48. The van der Waals surface area contributed by atoms with Crippen LogP contribution in [0.3, 0.4) is 0 Å². The first-order valence-corrected chi connectivity index (χ1v) is 14.0. The molecule has 1 unspecified atom stereocenters. The monoisotopic (exact) mass is 596 g/mol. The van der Waals surface area contributed by atoms with Crippen LogP contribution in [0.1, 0.15) is 41.8 Å². The number of nitrogens with zero attached hydrogens (tertiary/aromatic N) is 4. The standard InChI is InChI=1S/C30H25BrN6O3/c31-20-6-8-21-23(12-20)32-13-24(34-21)16-1-3-17(4-2-16)25-14-33-29(35-25)19-11-26(38)27-22(36-30(39)40)7-5-18-9-10-37(15-19)28(18)27/h1-4,6,8-10,12-14,19,22,27,36H,5,7,11,15H2,(H,33,35)(H,39,40)/t19-,22-,27?/m0/s1. The predicted molar refractivity (Wildman–Crippen MR) is 153 cm³/mol. The molecule has 4 heterocycles. The van der Waals surface area contributed by atoms with Crippen molar-refractivity contribution in [2.75, 3.05) is 0 Å². The Hall–Kier alpha value is -4.31. The van der Waals surface area contributed by atoms with E-state index >= 15 is 0 Å². The maximum absolute atomic E-state index is 13.5. The van der Waals surface area contributed by atoms with Crippen LogP contribution in [-0.2, 0) is 17.8 Å². The molecule has 5 aromatic rings. The number of H-pyrrole nitrogens is 1. The summed E-state index contributed by atoms with van der Waals surface area (Å²) in [7, 11) is 0. The summed E-state index contributed by atoms with van der Waals surface area (Å²) in [6.07, 6.45) is 6.18. The number of rotatable bonds is 4. The summed E-state index contributed by atoms with van der Waals surface area (Å²) in [5, 5.41) is 11.9. The number of benzene rings is 2. The van der Waals surface area contributed by atoms with E-state index in [9.17, 15) is 14.7 Å². The van der Waals surface area contributed by atoms with Crippen molar-refractivity contribution in [3.63, 3.8) is 0 Å². The summed E-state index contributed by atoms with van der Waals surface area (Å²) >= 11 is 3.47. The number of amides is 1. The van der Waals surface area contributed by atoms with Gasteiger partial charge in [-0.2, -0.15) is 0 Å². The van der Waals surface area contributed by atoms with Gasteiger partial charge in [0.15, 0.2) is 0 Å². The lowest BCUT2D eigenvalue weighted by molar-refractivity contribution is -0.121. The first kappa shape index (κ1) is 24.7. The van der Waals surface area contributed by atoms with Crippen LogP contribution < -0.4 is 5.32 Å². The number of halogens is 1. The lowest BCUT2D eigenvalue weighted by Gasteiger charge is -2.31. The topological polar surface area (TPSA) is 126 Å². The van der Waals surface area contributed by atoms with E-state index < -0.39 is 18.1 Å². The summed E-state index contributed by atoms with van der Waals surface area (Å²) < 4.78 is 3.08. The second-order valence-corrected chi connectivity index (χ2v) is 11.4. The third-order valence-electron chi connectivity index (χ3n) is 8.01. The molecule has 9 nitrogen and oxygen atoms in total. The molecule has 0 saturated carbocycles. The Morgan fingerprint density at radius 1 is 1.05 bits per heavy atom. The van der Waals surface area contributed by atoms with Gasteiger partial charge in [0.25, 0.3) is 0 Å². The van der Waals surface area contributed by atoms with Gasteiger partial charge < -0.3 is 20.0 Å². The van der Waals surface area contributed by atoms with Gasteiger partial charge in [-0.15, -0.1) is 0 Å². The second-order valence-electron chi connectivity index (χ2n) is 10.5. The van der Waals surface area contributed by atoms with Gasteiger partial charge in [-0.1, -0.05) is 40.2 Å². The molecular weight excluding hydrogens is 572 g/mol. The summed E-state index contributed by atoms with van der Waals surface area (Å²) in [6, 6.07) is 15.6. The van der Waals surface area contributed by atoms with Gasteiger partial charge in [-0.3, -0.25) is 9.78 Å². The van der Waals surface area contributed by atoms with E-state index in [0.717, 1.165) is 61.5 Å². The number of fused-ring (bicyclic) bond motifs is 1. The molecule has 1 aliphatic heterocycles. The van der Waals surface area contributed by atoms with E-state index in [1.165, 1.54) is 0 Å². The van der Waals surface area contributed by atoms with Gasteiger partial charge in [0.2, 0.25) is 0 Å². The van der Waals surface area contributed by atoms with Gasteiger partial charge >= 0.3 is 6.09 Å². The van der Waals surface area contributed by atoms with Gasteiger partial charge in [-0.25, -0.2) is 14.8 Å². The first-order chi connectivity index (χ1) is 19.4. The zero-order chi connectivity index (χ0) is 27.4. The van der Waals surface area contributed by atoms with E-state index in [2.05, 4.69) is 46.8 Å². The number of carbonyl (C=O) groups is 2. The van der Waals surface area contributed by atoms with Crippen LogP contribution in [-0.4, -0.2) is 47.5 Å². The van der Waals surface area contributed by atoms with Crippen LogP contribution in [0.2, 0.25) is 0 Å². The first-order valence-electron chi connectivity index (χ1n) is 13.2. The molecule has 7 rings (SSSR count). The molecule has 40 heavy (non-hydrogen) atoms. The highest BCUT2D eigenvalue weighted by Gasteiger charge is 2.41. The molecule has 0 fully saturated rings. The molecule has 3 N–H and O–H groups in total. The number of carboxylic acid groups (broad SMARTS) is 1. The molecular formula is C30H25BrN6O3. The molecule has 2 aromatic carbocycles. The molecule has 0 bridgehead atoms.